The van der Waals surface area contributed by atoms with Gasteiger partial charge in [-0.15, -0.1) is 0 Å². The van der Waals surface area contributed by atoms with E-state index in [0.29, 0.717) is 0 Å². The first-order valence-electron chi connectivity index (χ1n) is 6.98. The number of nitrogens with zero attached hydrogens (tertiary/aromatic N) is 1. The van der Waals surface area contributed by atoms with Gasteiger partial charge in [0.15, 0.2) is 0 Å². The average Bonchev–Trinajstić information content (AvgIpc) is 3.26. The Labute approximate surface area is 118 Å². The number of benzene rings is 1. The zero-order valence-corrected chi connectivity index (χ0v) is 11.7. The van der Waals surface area contributed by atoms with Gasteiger partial charge in [0.2, 0.25) is 0 Å². The molecular weight excluding hydrogens is 258 g/mol. The summed E-state index contributed by atoms with van der Waals surface area (Å²) in [6.07, 6.45) is 3.50. The number of rotatable bonds is 9. The lowest BCUT2D eigenvalue weighted by molar-refractivity contribution is -0.384. The standard InChI is InChI=1S/C14H21N3O3/c1-15-12-7-13(9-14(8-12)17(18)19)16-5-2-6-20-10-11-3-4-11/h7-9,11,15-16H,2-6,10H2,1H3. The van der Waals surface area contributed by atoms with Crippen molar-refractivity contribution in [2.24, 2.45) is 5.92 Å². The Morgan fingerprint density at radius 2 is 2.10 bits per heavy atom. The molecule has 6 heteroatoms. The van der Waals surface area contributed by atoms with E-state index in [-0.39, 0.29) is 10.6 Å². The zero-order chi connectivity index (χ0) is 14.4. The summed E-state index contributed by atoms with van der Waals surface area (Å²) in [5, 5.41) is 17.0. The zero-order valence-electron chi connectivity index (χ0n) is 11.7. The van der Waals surface area contributed by atoms with Crippen molar-refractivity contribution >= 4 is 17.1 Å². The van der Waals surface area contributed by atoms with E-state index in [1.807, 2.05) is 6.07 Å². The van der Waals surface area contributed by atoms with Gasteiger partial charge in [0.25, 0.3) is 5.69 Å². The van der Waals surface area contributed by atoms with E-state index < -0.39 is 0 Å². The minimum atomic E-state index is -0.384. The van der Waals surface area contributed by atoms with Crippen LogP contribution in [-0.4, -0.2) is 31.7 Å². The highest BCUT2D eigenvalue weighted by Crippen LogP contribution is 2.28. The van der Waals surface area contributed by atoms with E-state index >= 15 is 0 Å². The van der Waals surface area contributed by atoms with Crippen LogP contribution in [0.15, 0.2) is 18.2 Å². The van der Waals surface area contributed by atoms with Gasteiger partial charge in [0, 0.05) is 50.3 Å². The molecule has 0 aromatic heterocycles. The van der Waals surface area contributed by atoms with Crippen LogP contribution in [0.25, 0.3) is 0 Å². The van der Waals surface area contributed by atoms with Crippen molar-refractivity contribution in [1.29, 1.82) is 0 Å². The van der Waals surface area contributed by atoms with Crippen LogP contribution in [0.1, 0.15) is 19.3 Å². The molecule has 20 heavy (non-hydrogen) atoms. The Balaban J connectivity index is 1.75. The monoisotopic (exact) mass is 279 g/mol. The maximum atomic E-state index is 10.8. The largest absolute Gasteiger partial charge is 0.388 e. The highest BCUT2D eigenvalue weighted by atomic mass is 16.6. The van der Waals surface area contributed by atoms with E-state index in [1.54, 1.807) is 13.1 Å². The van der Waals surface area contributed by atoms with Crippen LogP contribution in [0.4, 0.5) is 17.1 Å². The minimum Gasteiger partial charge on any atom is -0.388 e. The van der Waals surface area contributed by atoms with E-state index in [9.17, 15) is 10.1 Å². The molecule has 0 heterocycles. The fourth-order valence-corrected chi connectivity index (χ4v) is 1.90. The molecule has 1 aliphatic rings. The van der Waals surface area contributed by atoms with Crippen molar-refractivity contribution in [3.63, 3.8) is 0 Å². The minimum absolute atomic E-state index is 0.0873. The molecule has 0 spiro atoms. The SMILES string of the molecule is CNc1cc(NCCCOCC2CC2)cc([N+](=O)[O-])c1. The topological polar surface area (TPSA) is 76.4 Å². The number of hydrogen-bond acceptors (Lipinski definition) is 5. The molecule has 1 aliphatic carbocycles. The number of non-ortho nitro benzene ring substituents is 1. The van der Waals surface area contributed by atoms with Crippen LogP contribution >= 0.6 is 0 Å². The second-order valence-electron chi connectivity index (χ2n) is 5.07. The molecule has 0 radical (unpaired) electrons. The smallest absolute Gasteiger partial charge is 0.273 e. The van der Waals surface area contributed by atoms with Crippen LogP contribution in [-0.2, 0) is 4.74 Å². The average molecular weight is 279 g/mol. The molecule has 2 N–H and O–H groups in total. The van der Waals surface area contributed by atoms with Crippen LogP contribution in [0.2, 0.25) is 0 Å². The first kappa shape index (κ1) is 14.6. The van der Waals surface area contributed by atoms with Gasteiger partial charge < -0.3 is 15.4 Å². The molecule has 0 aliphatic heterocycles. The molecule has 1 saturated carbocycles. The summed E-state index contributed by atoms with van der Waals surface area (Å²) >= 11 is 0. The summed E-state index contributed by atoms with van der Waals surface area (Å²) in [6.45, 7) is 2.35. The summed E-state index contributed by atoms with van der Waals surface area (Å²) in [5.41, 5.74) is 1.57. The van der Waals surface area contributed by atoms with Crippen LogP contribution in [0, 0.1) is 16.0 Å². The molecule has 0 saturated heterocycles. The number of anilines is 2. The molecule has 0 amide bonds. The van der Waals surface area contributed by atoms with Crippen molar-refractivity contribution in [2.75, 3.05) is 37.4 Å². The van der Waals surface area contributed by atoms with E-state index in [0.717, 1.165) is 43.5 Å². The van der Waals surface area contributed by atoms with Crippen molar-refractivity contribution in [2.45, 2.75) is 19.3 Å². The van der Waals surface area contributed by atoms with Gasteiger partial charge in [-0.2, -0.15) is 0 Å². The summed E-state index contributed by atoms with van der Waals surface area (Å²) in [5.74, 6) is 0.790. The lowest BCUT2D eigenvalue weighted by atomic mass is 10.2. The molecule has 1 aromatic rings. The highest BCUT2D eigenvalue weighted by molar-refractivity contribution is 5.63. The third-order valence-corrected chi connectivity index (χ3v) is 3.26. The third kappa shape index (κ3) is 4.70. The Bertz CT molecular complexity index is 461. The Morgan fingerprint density at radius 3 is 2.75 bits per heavy atom. The molecule has 1 aromatic carbocycles. The van der Waals surface area contributed by atoms with Crippen LogP contribution in [0.5, 0.6) is 0 Å². The molecule has 6 nitrogen and oxygen atoms in total. The summed E-state index contributed by atoms with van der Waals surface area (Å²) in [6, 6.07) is 4.92. The van der Waals surface area contributed by atoms with E-state index in [4.69, 9.17) is 4.74 Å². The van der Waals surface area contributed by atoms with Gasteiger partial charge in [0.05, 0.1) is 4.92 Å². The van der Waals surface area contributed by atoms with E-state index in [2.05, 4.69) is 10.6 Å². The predicted molar refractivity (Wildman–Crippen MR) is 79.3 cm³/mol. The molecule has 0 unspecified atom stereocenters. The Kier molecular flexibility index (Phi) is 5.17. The van der Waals surface area contributed by atoms with Crippen molar-refractivity contribution in [3.05, 3.63) is 28.3 Å². The van der Waals surface area contributed by atoms with Crippen molar-refractivity contribution in [3.8, 4) is 0 Å². The fraction of sp³-hybridized carbons (Fsp3) is 0.571. The van der Waals surface area contributed by atoms with Crippen LogP contribution < -0.4 is 10.6 Å². The number of nitro benzene ring substituents is 1. The number of ether oxygens (including phenoxy) is 1. The third-order valence-electron chi connectivity index (χ3n) is 3.26. The molecule has 2 rings (SSSR count). The molecule has 0 bridgehead atoms. The van der Waals surface area contributed by atoms with E-state index in [1.165, 1.54) is 18.9 Å². The first-order valence-corrected chi connectivity index (χ1v) is 6.98. The molecular formula is C14H21N3O3. The van der Waals surface area contributed by atoms with Gasteiger partial charge in [0.1, 0.15) is 0 Å². The maximum absolute atomic E-state index is 10.8. The fourth-order valence-electron chi connectivity index (χ4n) is 1.90. The molecule has 0 atom stereocenters. The lowest BCUT2D eigenvalue weighted by Crippen LogP contribution is -2.07. The second-order valence-corrected chi connectivity index (χ2v) is 5.07. The molecule has 1 fully saturated rings. The number of hydrogen-bond donors (Lipinski definition) is 2. The lowest BCUT2D eigenvalue weighted by Gasteiger charge is -2.09. The summed E-state index contributed by atoms with van der Waals surface area (Å²) in [4.78, 5) is 10.5. The van der Waals surface area contributed by atoms with Gasteiger partial charge in [-0.3, -0.25) is 10.1 Å². The summed E-state index contributed by atoms with van der Waals surface area (Å²) < 4.78 is 5.54. The quantitative estimate of drug-likeness (QED) is 0.413. The number of nitro groups is 1. The van der Waals surface area contributed by atoms with Gasteiger partial charge in [-0.25, -0.2) is 0 Å². The van der Waals surface area contributed by atoms with Crippen molar-refractivity contribution in [1.82, 2.24) is 0 Å². The van der Waals surface area contributed by atoms with Gasteiger partial charge in [-0.05, 0) is 31.2 Å². The maximum Gasteiger partial charge on any atom is 0.273 e. The summed E-state index contributed by atoms with van der Waals surface area (Å²) in [7, 11) is 1.74. The first-order chi connectivity index (χ1) is 9.69. The van der Waals surface area contributed by atoms with Crippen LogP contribution in [0.3, 0.4) is 0 Å². The Morgan fingerprint density at radius 1 is 1.35 bits per heavy atom. The van der Waals surface area contributed by atoms with Crippen molar-refractivity contribution < 1.29 is 9.66 Å². The number of nitrogens with one attached hydrogen (secondary N) is 2. The normalized spacial score (nSPS) is 14.1. The van der Waals surface area contributed by atoms with Gasteiger partial charge >= 0.3 is 0 Å². The predicted octanol–water partition coefficient (Wildman–Crippen LogP) is 2.87. The Hall–Kier alpha value is -1.82. The second kappa shape index (κ2) is 7.09. The molecule has 110 valence electrons. The highest BCUT2D eigenvalue weighted by Gasteiger charge is 2.20. The van der Waals surface area contributed by atoms with Gasteiger partial charge in [-0.1, -0.05) is 0 Å².